The molecule has 0 aliphatic carbocycles. The quantitative estimate of drug-likeness (QED) is 0.636. The summed E-state index contributed by atoms with van der Waals surface area (Å²) in [6, 6.07) is 7.15. The number of nitrogens with zero attached hydrogens (tertiary/aromatic N) is 2. The highest BCUT2D eigenvalue weighted by Crippen LogP contribution is 2.28. The summed E-state index contributed by atoms with van der Waals surface area (Å²) < 4.78 is 9.66. The maximum absolute atomic E-state index is 12.4. The Labute approximate surface area is 163 Å². The second-order valence-corrected chi connectivity index (χ2v) is 5.77. The van der Waals surface area contributed by atoms with E-state index in [0.717, 1.165) is 5.69 Å². The smallest absolute Gasteiger partial charge is 0.355 e. The summed E-state index contributed by atoms with van der Waals surface area (Å²) >= 11 is 0. The number of aliphatic hydroxyl groups excluding tert-OH is 2. The number of hydrogen-bond donors (Lipinski definition) is 2. The fourth-order valence-corrected chi connectivity index (χ4v) is 2.80. The Morgan fingerprint density at radius 1 is 0.964 bits per heavy atom. The van der Waals surface area contributed by atoms with Crippen LogP contribution < -0.4 is 9.80 Å². The van der Waals surface area contributed by atoms with Gasteiger partial charge in [-0.3, -0.25) is 0 Å². The minimum atomic E-state index is -0.678. The first kappa shape index (κ1) is 21.2. The van der Waals surface area contributed by atoms with E-state index in [0.29, 0.717) is 18.8 Å². The fourth-order valence-electron chi connectivity index (χ4n) is 2.80. The van der Waals surface area contributed by atoms with E-state index < -0.39 is 11.9 Å². The molecule has 2 N–H and O–H groups in total. The summed E-state index contributed by atoms with van der Waals surface area (Å²) in [5.41, 5.74) is 1.54. The number of anilines is 2. The van der Waals surface area contributed by atoms with Crippen molar-refractivity contribution in [2.45, 2.75) is 0 Å². The van der Waals surface area contributed by atoms with Gasteiger partial charge in [-0.05, 0) is 36.4 Å². The Hall–Kier alpha value is -3.10. The summed E-state index contributed by atoms with van der Waals surface area (Å²) in [6.07, 6.45) is 6.46. The fraction of sp³-hybridized carbons (Fsp3) is 0.300. The van der Waals surface area contributed by atoms with Gasteiger partial charge in [0.15, 0.2) is 0 Å². The molecule has 0 aromatic heterocycles. The Balaban J connectivity index is 2.46. The topological polar surface area (TPSA) is 99.5 Å². The Morgan fingerprint density at radius 2 is 1.57 bits per heavy atom. The molecular weight excluding hydrogens is 364 g/mol. The van der Waals surface area contributed by atoms with Gasteiger partial charge in [0, 0.05) is 30.7 Å². The van der Waals surface area contributed by atoms with Gasteiger partial charge in [0.1, 0.15) is 5.70 Å². The number of esters is 2. The van der Waals surface area contributed by atoms with E-state index in [1.807, 2.05) is 4.90 Å². The van der Waals surface area contributed by atoms with Crippen LogP contribution in [0.5, 0.6) is 0 Å². The molecule has 0 spiro atoms. The van der Waals surface area contributed by atoms with Crippen LogP contribution in [0.15, 0.2) is 60.0 Å². The minimum Gasteiger partial charge on any atom is -0.465 e. The molecule has 150 valence electrons. The molecule has 0 atom stereocenters. The summed E-state index contributed by atoms with van der Waals surface area (Å²) in [6.45, 7) is 0.681. The molecule has 1 heterocycles. The number of hydrogen-bond acceptors (Lipinski definition) is 8. The van der Waals surface area contributed by atoms with E-state index in [9.17, 15) is 19.8 Å². The maximum Gasteiger partial charge on any atom is 0.355 e. The molecule has 0 amide bonds. The van der Waals surface area contributed by atoms with Gasteiger partial charge in [0.2, 0.25) is 0 Å². The molecule has 0 bridgehead atoms. The zero-order valence-electron chi connectivity index (χ0n) is 15.9. The van der Waals surface area contributed by atoms with Crippen LogP contribution >= 0.6 is 0 Å². The van der Waals surface area contributed by atoms with Gasteiger partial charge in [-0.25, -0.2) is 9.59 Å². The molecule has 1 aromatic rings. The first-order valence-electron chi connectivity index (χ1n) is 8.69. The molecule has 1 aromatic carbocycles. The average molecular weight is 388 g/mol. The van der Waals surface area contributed by atoms with Crippen molar-refractivity contribution in [1.82, 2.24) is 0 Å². The van der Waals surface area contributed by atoms with Gasteiger partial charge >= 0.3 is 11.9 Å². The molecule has 8 nitrogen and oxygen atoms in total. The summed E-state index contributed by atoms with van der Waals surface area (Å²) in [5.74, 6) is -1.33. The maximum atomic E-state index is 12.4. The first-order valence-corrected chi connectivity index (χ1v) is 8.69. The molecular formula is C20H24N2O6. The van der Waals surface area contributed by atoms with Crippen LogP contribution in [0.4, 0.5) is 11.4 Å². The molecule has 1 aliphatic rings. The highest BCUT2D eigenvalue weighted by molar-refractivity contribution is 6.05. The lowest BCUT2D eigenvalue weighted by atomic mass is 10.1. The van der Waals surface area contributed by atoms with Crippen LogP contribution in [0.1, 0.15) is 0 Å². The number of carbonyl (C=O) groups excluding carboxylic acids is 2. The number of aliphatic hydroxyl groups is 2. The molecule has 0 saturated carbocycles. The Morgan fingerprint density at radius 3 is 2.11 bits per heavy atom. The van der Waals surface area contributed by atoms with E-state index in [4.69, 9.17) is 9.47 Å². The van der Waals surface area contributed by atoms with Gasteiger partial charge in [0.25, 0.3) is 0 Å². The summed E-state index contributed by atoms with van der Waals surface area (Å²) in [7, 11) is 2.48. The van der Waals surface area contributed by atoms with E-state index in [1.165, 1.54) is 20.3 Å². The predicted molar refractivity (Wildman–Crippen MR) is 105 cm³/mol. The lowest BCUT2D eigenvalue weighted by Gasteiger charge is -2.26. The Bertz CT molecular complexity index is 776. The van der Waals surface area contributed by atoms with Crippen LogP contribution in [0, 0.1) is 0 Å². The number of carbonyl (C=O) groups is 2. The van der Waals surface area contributed by atoms with E-state index in [1.54, 1.807) is 47.5 Å². The van der Waals surface area contributed by atoms with E-state index in [2.05, 4.69) is 0 Å². The third-order valence-corrected chi connectivity index (χ3v) is 4.12. The standard InChI is InChI=1S/C20H24N2O6/c1-27-19(25)17-5-3-4-10-22(18(17)20(26)28-2)16-8-6-15(7-9-16)21(11-13-23)12-14-24/h3-10,23-24H,11-14H2,1-2H3. The van der Waals surface area contributed by atoms with Gasteiger partial charge in [-0.1, -0.05) is 6.08 Å². The molecule has 28 heavy (non-hydrogen) atoms. The van der Waals surface area contributed by atoms with Gasteiger partial charge in [-0.2, -0.15) is 0 Å². The third-order valence-electron chi connectivity index (χ3n) is 4.12. The minimum absolute atomic E-state index is 0.0367. The molecule has 0 saturated heterocycles. The van der Waals surface area contributed by atoms with E-state index in [-0.39, 0.29) is 24.5 Å². The van der Waals surface area contributed by atoms with E-state index >= 15 is 0 Å². The number of methoxy groups -OCH3 is 2. The van der Waals surface area contributed by atoms with Crippen LogP contribution in [0.2, 0.25) is 0 Å². The van der Waals surface area contributed by atoms with Crippen molar-refractivity contribution < 1.29 is 29.3 Å². The van der Waals surface area contributed by atoms with Gasteiger partial charge in [0.05, 0.1) is 33.0 Å². The van der Waals surface area contributed by atoms with Crippen molar-refractivity contribution >= 4 is 23.3 Å². The monoisotopic (exact) mass is 388 g/mol. The highest BCUT2D eigenvalue weighted by Gasteiger charge is 2.27. The first-order chi connectivity index (χ1) is 13.6. The molecule has 1 aliphatic heterocycles. The van der Waals surface area contributed by atoms with Crippen LogP contribution in [-0.2, 0) is 19.1 Å². The zero-order valence-corrected chi connectivity index (χ0v) is 15.9. The van der Waals surface area contributed by atoms with Gasteiger partial charge < -0.3 is 29.5 Å². The predicted octanol–water partition coefficient (Wildman–Crippen LogP) is 0.968. The zero-order chi connectivity index (χ0) is 20.5. The molecule has 0 radical (unpaired) electrons. The average Bonchev–Trinajstić information content (AvgIpc) is 2.95. The number of rotatable bonds is 8. The van der Waals surface area contributed by atoms with Crippen molar-refractivity contribution in [2.24, 2.45) is 0 Å². The van der Waals surface area contributed by atoms with Crippen LogP contribution in [0.25, 0.3) is 0 Å². The van der Waals surface area contributed by atoms with Crippen LogP contribution in [-0.4, -0.2) is 62.7 Å². The summed E-state index contributed by atoms with van der Waals surface area (Å²) in [5, 5.41) is 18.4. The van der Waals surface area contributed by atoms with Crippen molar-refractivity contribution in [3.8, 4) is 0 Å². The van der Waals surface area contributed by atoms with Crippen molar-refractivity contribution in [3.05, 3.63) is 60.0 Å². The third kappa shape index (κ3) is 4.79. The van der Waals surface area contributed by atoms with Gasteiger partial charge in [-0.15, -0.1) is 0 Å². The van der Waals surface area contributed by atoms with Crippen molar-refractivity contribution in [1.29, 1.82) is 0 Å². The van der Waals surface area contributed by atoms with Crippen LogP contribution in [0.3, 0.4) is 0 Å². The second-order valence-electron chi connectivity index (χ2n) is 5.77. The molecule has 8 heteroatoms. The Kier molecular flexibility index (Phi) is 7.79. The largest absolute Gasteiger partial charge is 0.465 e. The molecule has 0 unspecified atom stereocenters. The van der Waals surface area contributed by atoms with Crippen molar-refractivity contribution in [3.63, 3.8) is 0 Å². The SMILES string of the molecule is COC(=O)C1=C(C(=O)OC)N(c2ccc(N(CCO)CCO)cc2)C=CC=C1. The molecule has 0 fully saturated rings. The second kappa shape index (κ2) is 10.3. The highest BCUT2D eigenvalue weighted by atomic mass is 16.5. The van der Waals surface area contributed by atoms with Crippen molar-refractivity contribution in [2.75, 3.05) is 50.3 Å². The lowest BCUT2D eigenvalue weighted by molar-refractivity contribution is -0.139. The number of ether oxygens (including phenoxy) is 2. The molecule has 2 rings (SSSR count). The number of benzene rings is 1. The lowest BCUT2D eigenvalue weighted by Crippen LogP contribution is -2.30. The summed E-state index contributed by atoms with van der Waals surface area (Å²) in [4.78, 5) is 28.0. The normalized spacial score (nSPS) is 13.4. The number of allylic oxidation sites excluding steroid dienone is 2.